The standard InChI is InChI=1S/C24H16N2OS/c27-16-21-23(20-13-11-18(12-14-20)17-7-3-1-4-8-17)25-24-26(21)15-22(28-24)19-9-5-2-6-10-19/h1-16H. The van der Waals surface area contributed by atoms with Crippen LogP contribution in [-0.2, 0) is 0 Å². The Morgan fingerprint density at radius 3 is 1.93 bits per heavy atom. The van der Waals surface area contributed by atoms with Crippen molar-refractivity contribution in [2.45, 2.75) is 0 Å². The van der Waals surface area contributed by atoms with Gasteiger partial charge in [0.2, 0.25) is 0 Å². The number of hydrogen-bond acceptors (Lipinski definition) is 3. The molecule has 0 amide bonds. The molecule has 0 saturated heterocycles. The van der Waals surface area contributed by atoms with Crippen LogP contribution in [0, 0.1) is 0 Å². The minimum Gasteiger partial charge on any atom is -0.296 e. The molecule has 0 bridgehead atoms. The van der Waals surface area contributed by atoms with Crippen LogP contribution in [0.4, 0.5) is 0 Å². The lowest BCUT2D eigenvalue weighted by Crippen LogP contribution is -1.90. The first kappa shape index (κ1) is 16.7. The van der Waals surface area contributed by atoms with Crippen LogP contribution in [0.1, 0.15) is 10.5 Å². The first-order chi connectivity index (χ1) is 13.8. The van der Waals surface area contributed by atoms with Crippen molar-refractivity contribution < 1.29 is 4.79 Å². The number of benzene rings is 3. The van der Waals surface area contributed by atoms with Crippen LogP contribution < -0.4 is 0 Å². The molecular weight excluding hydrogens is 364 g/mol. The second-order valence-electron chi connectivity index (χ2n) is 6.52. The highest BCUT2D eigenvalue weighted by molar-refractivity contribution is 7.20. The van der Waals surface area contributed by atoms with Crippen molar-refractivity contribution in [1.82, 2.24) is 9.38 Å². The van der Waals surface area contributed by atoms with Gasteiger partial charge in [-0.2, -0.15) is 0 Å². The van der Waals surface area contributed by atoms with E-state index in [1.165, 1.54) is 5.56 Å². The lowest BCUT2D eigenvalue weighted by atomic mass is 10.0. The van der Waals surface area contributed by atoms with Crippen molar-refractivity contribution >= 4 is 22.6 Å². The van der Waals surface area contributed by atoms with Crippen molar-refractivity contribution in [2.24, 2.45) is 0 Å². The summed E-state index contributed by atoms with van der Waals surface area (Å²) in [4.78, 5) is 18.5. The molecule has 0 spiro atoms. The van der Waals surface area contributed by atoms with Gasteiger partial charge in [-0.25, -0.2) is 4.98 Å². The number of carbonyl (C=O) groups is 1. The second-order valence-corrected chi connectivity index (χ2v) is 7.53. The molecule has 2 aromatic heterocycles. The molecule has 2 heterocycles. The van der Waals surface area contributed by atoms with Crippen LogP contribution in [0.2, 0.25) is 0 Å². The predicted octanol–water partition coefficient (Wildman–Crippen LogP) is 6.21. The molecule has 5 rings (SSSR count). The minimum atomic E-state index is 0.584. The third-order valence-electron chi connectivity index (χ3n) is 4.80. The average Bonchev–Trinajstić information content (AvgIpc) is 3.33. The number of rotatable bonds is 4. The SMILES string of the molecule is O=Cc1c(-c2ccc(-c3ccccc3)cc2)nc2sc(-c3ccccc3)cn12. The number of thiazole rings is 1. The molecule has 0 N–H and O–H groups in total. The summed E-state index contributed by atoms with van der Waals surface area (Å²) in [5.41, 5.74) is 5.69. The summed E-state index contributed by atoms with van der Waals surface area (Å²) in [6, 6.07) is 28.6. The molecule has 0 aliphatic rings. The molecule has 4 heteroatoms. The zero-order valence-electron chi connectivity index (χ0n) is 14.9. The Kier molecular flexibility index (Phi) is 4.11. The predicted molar refractivity (Wildman–Crippen MR) is 115 cm³/mol. The quantitative estimate of drug-likeness (QED) is 0.347. The number of aromatic nitrogens is 2. The molecule has 0 radical (unpaired) electrons. The maximum Gasteiger partial charge on any atom is 0.195 e. The van der Waals surface area contributed by atoms with Crippen molar-refractivity contribution in [3.05, 3.63) is 96.8 Å². The van der Waals surface area contributed by atoms with E-state index in [0.717, 1.165) is 38.5 Å². The van der Waals surface area contributed by atoms with Gasteiger partial charge in [0, 0.05) is 11.8 Å². The van der Waals surface area contributed by atoms with Gasteiger partial charge in [0.1, 0.15) is 11.4 Å². The third kappa shape index (κ3) is 2.84. The highest BCUT2D eigenvalue weighted by atomic mass is 32.1. The zero-order chi connectivity index (χ0) is 18.9. The highest BCUT2D eigenvalue weighted by Crippen LogP contribution is 2.33. The van der Waals surface area contributed by atoms with Crippen LogP contribution in [0.3, 0.4) is 0 Å². The molecule has 134 valence electrons. The smallest absolute Gasteiger partial charge is 0.195 e. The molecule has 0 aliphatic carbocycles. The van der Waals surface area contributed by atoms with E-state index in [0.29, 0.717) is 5.69 Å². The first-order valence-electron chi connectivity index (χ1n) is 9.02. The van der Waals surface area contributed by atoms with Gasteiger partial charge < -0.3 is 0 Å². The maximum atomic E-state index is 11.9. The van der Waals surface area contributed by atoms with E-state index in [1.54, 1.807) is 11.3 Å². The van der Waals surface area contributed by atoms with E-state index in [1.807, 2.05) is 59.1 Å². The number of hydrogen-bond donors (Lipinski definition) is 0. The second kappa shape index (κ2) is 6.91. The fourth-order valence-electron chi connectivity index (χ4n) is 3.37. The van der Waals surface area contributed by atoms with E-state index in [9.17, 15) is 4.79 Å². The monoisotopic (exact) mass is 380 g/mol. The molecule has 0 aliphatic heterocycles. The van der Waals surface area contributed by atoms with Crippen LogP contribution in [-0.4, -0.2) is 15.7 Å². The van der Waals surface area contributed by atoms with Gasteiger partial charge in [0.05, 0.1) is 4.88 Å². The Morgan fingerprint density at radius 2 is 1.29 bits per heavy atom. The van der Waals surface area contributed by atoms with E-state index >= 15 is 0 Å². The van der Waals surface area contributed by atoms with Crippen LogP contribution >= 0.6 is 11.3 Å². The van der Waals surface area contributed by atoms with Gasteiger partial charge in [-0.3, -0.25) is 9.20 Å². The van der Waals surface area contributed by atoms with Gasteiger partial charge in [-0.05, 0) is 16.7 Å². The van der Waals surface area contributed by atoms with Crippen molar-refractivity contribution in [1.29, 1.82) is 0 Å². The normalized spacial score (nSPS) is 11.0. The van der Waals surface area contributed by atoms with E-state index < -0.39 is 0 Å². The Bertz CT molecular complexity index is 1250. The van der Waals surface area contributed by atoms with Gasteiger partial charge in [0.15, 0.2) is 11.2 Å². The van der Waals surface area contributed by atoms with Crippen LogP contribution in [0.15, 0.2) is 91.1 Å². The van der Waals surface area contributed by atoms with Crippen molar-refractivity contribution in [2.75, 3.05) is 0 Å². The summed E-state index contributed by atoms with van der Waals surface area (Å²) in [5.74, 6) is 0. The molecule has 3 aromatic carbocycles. The molecule has 0 saturated carbocycles. The van der Waals surface area contributed by atoms with Gasteiger partial charge in [0.25, 0.3) is 0 Å². The lowest BCUT2D eigenvalue weighted by Gasteiger charge is -2.03. The van der Waals surface area contributed by atoms with E-state index in [-0.39, 0.29) is 0 Å². The minimum absolute atomic E-state index is 0.584. The number of aldehydes is 1. The molecular formula is C24H16N2OS. The first-order valence-corrected chi connectivity index (χ1v) is 9.83. The number of carbonyl (C=O) groups excluding carboxylic acids is 1. The maximum absolute atomic E-state index is 11.9. The summed E-state index contributed by atoms with van der Waals surface area (Å²) in [6.45, 7) is 0. The van der Waals surface area contributed by atoms with Crippen molar-refractivity contribution in [3.63, 3.8) is 0 Å². The Labute approximate surface area is 166 Å². The Morgan fingerprint density at radius 1 is 0.714 bits per heavy atom. The largest absolute Gasteiger partial charge is 0.296 e. The molecule has 3 nitrogen and oxygen atoms in total. The van der Waals surface area contributed by atoms with Gasteiger partial charge in [-0.15, -0.1) is 0 Å². The fraction of sp³-hybridized carbons (Fsp3) is 0. The number of imidazole rings is 1. The number of fused-ring (bicyclic) bond motifs is 1. The van der Waals surface area contributed by atoms with E-state index in [4.69, 9.17) is 4.98 Å². The Balaban J connectivity index is 1.56. The Hall–Kier alpha value is -3.50. The summed E-state index contributed by atoms with van der Waals surface area (Å²) in [6.07, 6.45) is 2.88. The van der Waals surface area contributed by atoms with Gasteiger partial charge in [-0.1, -0.05) is 96.3 Å². The lowest BCUT2D eigenvalue weighted by molar-refractivity contribution is 0.111. The summed E-state index contributed by atoms with van der Waals surface area (Å²) in [7, 11) is 0. The molecule has 0 unspecified atom stereocenters. The van der Waals surface area contributed by atoms with E-state index in [2.05, 4.69) is 36.4 Å². The third-order valence-corrected chi connectivity index (χ3v) is 5.83. The number of nitrogens with zero attached hydrogens (tertiary/aromatic N) is 2. The average molecular weight is 380 g/mol. The summed E-state index contributed by atoms with van der Waals surface area (Å²) in [5, 5.41) is 0. The molecule has 0 fully saturated rings. The van der Waals surface area contributed by atoms with Gasteiger partial charge >= 0.3 is 0 Å². The molecule has 28 heavy (non-hydrogen) atoms. The summed E-state index contributed by atoms with van der Waals surface area (Å²) < 4.78 is 1.89. The topological polar surface area (TPSA) is 34.4 Å². The van der Waals surface area contributed by atoms with Crippen molar-refractivity contribution in [3.8, 4) is 32.8 Å². The van der Waals surface area contributed by atoms with Crippen LogP contribution in [0.5, 0.6) is 0 Å². The molecule has 0 atom stereocenters. The molecule has 5 aromatic rings. The zero-order valence-corrected chi connectivity index (χ0v) is 15.8. The fourth-order valence-corrected chi connectivity index (χ4v) is 4.37. The van der Waals surface area contributed by atoms with Crippen LogP contribution in [0.25, 0.3) is 37.8 Å². The summed E-state index contributed by atoms with van der Waals surface area (Å²) >= 11 is 1.59. The highest BCUT2D eigenvalue weighted by Gasteiger charge is 2.16.